The molecule has 1 unspecified atom stereocenters. The molecule has 0 bridgehead atoms. The number of hydrogen-bond donors (Lipinski definition) is 1. The first kappa shape index (κ1) is 23.2. The molecule has 0 aliphatic heterocycles. The van der Waals surface area contributed by atoms with Crippen molar-refractivity contribution in [3.05, 3.63) is 88.0 Å². The molecule has 0 radical (unpaired) electrons. The zero-order chi connectivity index (χ0) is 23.4. The van der Waals surface area contributed by atoms with E-state index in [0.29, 0.717) is 41.7 Å². The van der Waals surface area contributed by atoms with Crippen LogP contribution in [0.15, 0.2) is 76.9 Å². The van der Waals surface area contributed by atoms with Crippen LogP contribution in [0.2, 0.25) is 0 Å². The van der Waals surface area contributed by atoms with Crippen LogP contribution in [-0.4, -0.2) is 41.1 Å². The lowest BCUT2D eigenvalue weighted by molar-refractivity contribution is -0.116. The van der Waals surface area contributed by atoms with Crippen molar-refractivity contribution in [1.29, 1.82) is 0 Å². The maximum atomic E-state index is 13.2. The molecule has 0 saturated carbocycles. The molecular weight excluding hydrogens is 402 g/mol. The molecule has 1 aliphatic rings. The van der Waals surface area contributed by atoms with Gasteiger partial charge in [-0.05, 0) is 51.3 Å². The molecule has 1 N–H and O–H groups in total. The number of carbonyl (C=O) groups is 3. The zero-order valence-electron chi connectivity index (χ0n) is 19.0. The summed E-state index contributed by atoms with van der Waals surface area (Å²) in [6.45, 7) is 5.60. The van der Waals surface area contributed by atoms with E-state index in [2.05, 4.69) is 0 Å². The summed E-state index contributed by atoms with van der Waals surface area (Å²) in [4.78, 5) is 40.2. The number of allylic oxidation sites excluding steroid dienone is 4. The highest BCUT2D eigenvalue weighted by molar-refractivity contribution is 6.25. The second-order valence-corrected chi connectivity index (χ2v) is 8.30. The van der Waals surface area contributed by atoms with Gasteiger partial charge in [-0.3, -0.25) is 14.4 Å². The maximum Gasteiger partial charge on any atom is 0.257 e. The maximum absolute atomic E-state index is 13.2. The molecule has 2 aromatic rings. The number of benzene rings is 2. The third-order valence-corrected chi connectivity index (χ3v) is 6.25. The first-order chi connectivity index (χ1) is 15.2. The van der Waals surface area contributed by atoms with E-state index in [1.54, 1.807) is 50.9 Å². The minimum absolute atomic E-state index is 0.0451. The van der Waals surface area contributed by atoms with Gasteiger partial charge in [0.2, 0.25) is 0 Å². The number of hydrogen-bond acceptors (Lipinski definition) is 4. The van der Waals surface area contributed by atoms with E-state index in [9.17, 15) is 19.5 Å². The summed E-state index contributed by atoms with van der Waals surface area (Å²) in [5.74, 6) is -0.689. The predicted molar refractivity (Wildman–Crippen MR) is 125 cm³/mol. The van der Waals surface area contributed by atoms with Crippen LogP contribution in [-0.2, 0) is 9.59 Å². The van der Waals surface area contributed by atoms with Crippen molar-refractivity contribution in [2.24, 2.45) is 0 Å². The van der Waals surface area contributed by atoms with E-state index in [1.165, 1.54) is 6.07 Å². The second-order valence-electron chi connectivity index (χ2n) is 8.30. The first-order valence-corrected chi connectivity index (χ1v) is 10.8. The van der Waals surface area contributed by atoms with Crippen molar-refractivity contribution in [3.63, 3.8) is 0 Å². The largest absolute Gasteiger partial charge is 0.507 e. The van der Waals surface area contributed by atoms with Gasteiger partial charge < -0.3 is 10.0 Å². The minimum Gasteiger partial charge on any atom is -0.507 e. The monoisotopic (exact) mass is 431 g/mol. The number of carbonyl (C=O) groups excluding carboxylic acids is 3. The van der Waals surface area contributed by atoms with Crippen molar-refractivity contribution >= 4 is 17.5 Å². The summed E-state index contributed by atoms with van der Waals surface area (Å²) < 4.78 is 0. The Morgan fingerprint density at radius 3 is 2.12 bits per heavy atom. The van der Waals surface area contributed by atoms with Gasteiger partial charge in [0.15, 0.2) is 11.6 Å². The van der Waals surface area contributed by atoms with Crippen LogP contribution in [0.25, 0.3) is 0 Å². The van der Waals surface area contributed by atoms with Crippen LogP contribution in [0.1, 0.15) is 55.5 Å². The molecule has 1 amide bonds. The highest BCUT2D eigenvalue weighted by Crippen LogP contribution is 2.37. The molecule has 0 aromatic heterocycles. The van der Waals surface area contributed by atoms with Gasteiger partial charge >= 0.3 is 0 Å². The molecule has 2 aromatic carbocycles. The van der Waals surface area contributed by atoms with Crippen molar-refractivity contribution < 1.29 is 19.5 Å². The Morgan fingerprint density at radius 2 is 1.47 bits per heavy atom. The molecular formula is C27H29NO4. The van der Waals surface area contributed by atoms with E-state index < -0.39 is 0 Å². The Bertz CT molecular complexity index is 1110. The molecule has 1 atom stereocenters. The molecule has 1 aliphatic carbocycles. The normalized spacial score (nSPS) is 15.2. The van der Waals surface area contributed by atoms with Crippen molar-refractivity contribution in [2.45, 2.75) is 39.5 Å². The number of nitrogens with zero attached hydrogens (tertiary/aromatic N) is 1. The van der Waals surface area contributed by atoms with E-state index in [4.69, 9.17) is 0 Å². The lowest BCUT2D eigenvalue weighted by Gasteiger charge is -2.27. The smallest absolute Gasteiger partial charge is 0.257 e. The summed E-state index contributed by atoms with van der Waals surface area (Å²) in [6, 6.07) is 16.2. The number of ketones is 2. The second kappa shape index (κ2) is 9.77. The van der Waals surface area contributed by atoms with Crippen molar-refractivity contribution in [3.8, 4) is 5.75 Å². The Labute approximate surface area is 189 Å². The van der Waals surface area contributed by atoms with E-state index in [-0.39, 0.29) is 34.7 Å². The van der Waals surface area contributed by atoms with Gasteiger partial charge in [-0.1, -0.05) is 42.5 Å². The van der Waals surface area contributed by atoms with Gasteiger partial charge in [-0.15, -0.1) is 0 Å². The Hall–Kier alpha value is -3.47. The average molecular weight is 432 g/mol. The third kappa shape index (κ3) is 4.57. The molecule has 0 heterocycles. The molecule has 0 spiro atoms. The quantitative estimate of drug-likeness (QED) is 0.637. The van der Waals surface area contributed by atoms with Gasteiger partial charge in [0, 0.05) is 41.8 Å². The number of aromatic hydroxyl groups is 1. The zero-order valence-corrected chi connectivity index (χ0v) is 19.0. The highest BCUT2D eigenvalue weighted by atomic mass is 16.3. The van der Waals surface area contributed by atoms with Gasteiger partial charge in [0.25, 0.3) is 5.91 Å². The molecule has 0 fully saturated rings. The van der Waals surface area contributed by atoms with E-state index in [0.717, 1.165) is 5.56 Å². The molecule has 5 heteroatoms. The first-order valence-electron chi connectivity index (χ1n) is 10.8. The van der Waals surface area contributed by atoms with Crippen LogP contribution < -0.4 is 0 Å². The Morgan fingerprint density at radius 1 is 0.875 bits per heavy atom. The molecule has 166 valence electrons. The summed E-state index contributed by atoms with van der Waals surface area (Å²) in [5, 5.41) is 9.96. The fourth-order valence-corrected chi connectivity index (χ4v) is 4.19. The number of amides is 1. The minimum atomic E-state index is -0.256. The average Bonchev–Trinajstić information content (AvgIpc) is 2.81. The van der Waals surface area contributed by atoms with Crippen LogP contribution in [0.5, 0.6) is 5.75 Å². The van der Waals surface area contributed by atoms with Crippen LogP contribution >= 0.6 is 0 Å². The number of para-hydroxylation sites is 1. The van der Waals surface area contributed by atoms with Crippen molar-refractivity contribution in [1.82, 2.24) is 4.90 Å². The van der Waals surface area contributed by atoms with Gasteiger partial charge in [-0.25, -0.2) is 0 Å². The fourth-order valence-electron chi connectivity index (χ4n) is 4.19. The molecule has 5 nitrogen and oxygen atoms in total. The number of phenolic OH excluding ortho intramolecular Hbond substituents is 1. The lowest BCUT2D eigenvalue weighted by Crippen LogP contribution is -2.29. The standard InChI is InChI=1S/C27H29NO4/c1-17-18(2)26(31)24(19(3)25(17)30)21(20-11-6-5-7-12-20)14-10-16-28(4)27(32)22-13-8-9-15-23(22)29/h5-9,11-13,15,21,29H,10,14,16H2,1-4H3. The van der Waals surface area contributed by atoms with E-state index in [1.807, 2.05) is 30.3 Å². The van der Waals surface area contributed by atoms with Crippen LogP contribution in [0.3, 0.4) is 0 Å². The summed E-state index contributed by atoms with van der Waals surface area (Å²) in [6.07, 6.45) is 1.25. The summed E-state index contributed by atoms with van der Waals surface area (Å²) in [5.41, 5.74) is 3.31. The van der Waals surface area contributed by atoms with Crippen LogP contribution in [0, 0.1) is 0 Å². The third-order valence-electron chi connectivity index (χ3n) is 6.25. The number of phenols is 1. The topological polar surface area (TPSA) is 74.7 Å². The van der Waals surface area contributed by atoms with Gasteiger partial charge in [0.05, 0.1) is 5.56 Å². The molecule has 0 saturated heterocycles. The highest BCUT2D eigenvalue weighted by Gasteiger charge is 2.33. The Kier molecular flexibility index (Phi) is 7.08. The fraction of sp³-hybridized carbons (Fsp3) is 0.296. The van der Waals surface area contributed by atoms with Gasteiger partial charge in [-0.2, -0.15) is 0 Å². The number of rotatable bonds is 7. The van der Waals surface area contributed by atoms with E-state index >= 15 is 0 Å². The summed E-state index contributed by atoms with van der Waals surface area (Å²) >= 11 is 0. The molecule has 32 heavy (non-hydrogen) atoms. The predicted octanol–water partition coefficient (Wildman–Crippen LogP) is 4.83. The molecule has 3 rings (SSSR count). The summed E-state index contributed by atoms with van der Waals surface area (Å²) in [7, 11) is 1.70. The Balaban J connectivity index is 1.82. The lowest BCUT2D eigenvalue weighted by atomic mass is 9.76. The SMILES string of the molecule is CC1=C(C)C(=O)C(C(CCCN(C)C(=O)c2ccccc2O)c2ccccc2)=C(C)C1=O. The van der Waals surface area contributed by atoms with Crippen LogP contribution in [0.4, 0.5) is 0 Å². The van der Waals surface area contributed by atoms with Crippen molar-refractivity contribution in [2.75, 3.05) is 13.6 Å². The van der Waals surface area contributed by atoms with Gasteiger partial charge in [0.1, 0.15) is 5.75 Å². The number of Topliss-reactive ketones (excluding diaryl/α,β-unsaturated/α-hetero) is 2.